The topological polar surface area (TPSA) is 35.5 Å². The van der Waals surface area contributed by atoms with E-state index in [1.165, 1.54) is 49.9 Å². The van der Waals surface area contributed by atoms with Crippen molar-refractivity contribution in [1.82, 2.24) is 9.97 Å². The van der Waals surface area contributed by atoms with Crippen LogP contribution in [0, 0.1) is 0 Å². The largest absolute Gasteiger partial charge is 0.321 e. The molecule has 55 heavy (non-hydrogen) atoms. The van der Waals surface area contributed by atoms with Gasteiger partial charge in [0.05, 0.1) is 22.7 Å². The molecule has 5 nitrogen and oxygen atoms in total. The summed E-state index contributed by atoms with van der Waals surface area (Å²) in [6.07, 6.45) is 5.81. The summed E-state index contributed by atoms with van der Waals surface area (Å²) in [4.78, 5) is 19.1. The minimum Gasteiger partial charge on any atom is -0.321 e. The Kier molecular flexibility index (Phi) is 8.54. The van der Waals surface area contributed by atoms with Crippen molar-refractivity contribution >= 4 is 51.7 Å². The molecule has 4 heterocycles. The molecule has 0 N–H and O–H groups in total. The molecule has 5 aromatic carbocycles. The summed E-state index contributed by atoms with van der Waals surface area (Å²) in [5.74, 6) is 0.892. The van der Waals surface area contributed by atoms with E-state index >= 15 is 0 Å². The molecular formula is C49H45N5S. The van der Waals surface area contributed by atoms with Gasteiger partial charge in [-0.3, -0.25) is 9.88 Å². The van der Waals surface area contributed by atoms with Crippen LogP contribution in [0.3, 0.4) is 0 Å². The maximum atomic E-state index is 5.00. The summed E-state index contributed by atoms with van der Waals surface area (Å²) >= 11 is 1.79. The van der Waals surface area contributed by atoms with E-state index in [1.807, 2.05) is 18.6 Å². The van der Waals surface area contributed by atoms with E-state index in [2.05, 4.69) is 195 Å². The van der Waals surface area contributed by atoms with Gasteiger partial charge in [-0.15, -0.1) is 0 Å². The maximum Gasteiger partial charge on any atom is 0.137 e. The maximum absolute atomic E-state index is 5.00. The van der Waals surface area contributed by atoms with Crippen LogP contribution in [-0.4, -0.2) is 16.6 Å². The molecule has 0 amide bonds. The summed E-state index contributed by atoms with van der Waals surface area (Å²) in [7, 11) is 0. The minimum atomic E-state index is -0.0253. The van der Waals surface area contributed by atoms with E-state index in [0.29, 0.717) is 0 Å². The first-order valence-corrected chi connectivity index (χ1v) is 19.8. The molecule has 0 radical (unpaired) electrons. The van der Waals surface area contributed by atoms with Crippen molar-refractivity contribution in [2.24, 2.45) is 0 Å². The minimum absolute atomic E-state index is 0.0253. The number of benzene rings is 5. The van der Waals surface area contributed by atoms with Gasteiger partial charge in [0.2, 0.25) is 0 Å². The van der Waals surface area contributed by atoms with Crippen molar-refractivity contribution in [2.45, 2.75) is 62.2 Å². The Hall–Kier alpha value is -5.85. The molecule has 0 unspecified atom stereocenters. The Morgan fingerprint density at radius 3 is 1.85 bits per heavy atom. The first-order valence-electron chi connectivity index (χ1n) is 19.0. The average Bonchev–Trinajstić information content (AvgIpc) is 3.53. The molecule has 0 saturated heterocycles. The summed E-state index contributed by atoms with van der Waals surface area (Å²) in [5, 5.41) is 0. The van der Waals surface area contributed by atoms with Gasteiger partial charge in [-0.2, -0.15) is 0 Å². The molecule has 0 bridgehead atoms. The first kappa shape index (κ1) is 34.9. The number of fused-ring (bicyclic) bond motifs is 6. The standard InChI is InChI=1S/C49H45N5S/c1-48(2,3)33-13-11-14-35(27-33)52-32-53(45-20-10-9-19-44(45)52)36-15-12-16-37(29-36)55-38-21-22-41-39-17-7-8-18-40(39)42-31-50-25-24-43(42)54(46(41)30-38)47-28-34(23-26-51-47)49(4,5)6/h7-31H,32H2,1-6H3. The van der Waals surface area contributed by atoms with Crippen molar-refractivity contribution in [3.63, 3.8) is 0 Å². The highest BCUT2D eigenvalue weighted by Gasteiger charge is 2.30. The number of para-hydroxylation sites is 2. The molecule has 0 spiro atoms. The lowest BCUT2D eigenvalue weighted by molar-refractivity contribution is 0.589. The fourth-order valence-electron chi connectivity index (χ4n) is 7.76. The second-order valence-corrected chi connectivity index (χ2v) is 17.6. The molecule has 0 saturated carbocycles. The summed E-state index contributed by atoms with van der Waals surface area (Å²) in [6, 6.07) is 48.7. The number of anilines is 7. The summed E-state index contributed by atoms with van der Waals surface area (Å²) in [5.41, 5.74) is 14.2. The van der Waals surface area contributed by atoms with E-state index in [9.17, 15) is 0 Å². The summed E-state index contributed by atoms with van der Waals surface area (Å²) < 4.78 is 0. The zero-order chi connectivity index (χ0) is 37.9. The van der Waals surface area contributed by atoms with E-state index in [0.717, 1.165) is 39.9 Å². The zero-order valence-electron chi connectivity index (χ0n) is 32.3. The zero-order valence-corrected chi connectivity index (χ0v) is 33.1. The van der Waals surface area contributed by atoms with Crippen molar-refractivity contribution < 1.29 is 0 Å². The van der Waals surface area contributed by atoms with Gasteiger partial charge in [-0.1, -0.05) is 114 Å². The molecule has 9 rings (SSSR count). The van der Waals surface area contributed by atoms with Crippen LogP contribution in [-0.2, 0) is 10.8 Å². The van der Waals surface area contributed by atoms with Crippen LogP contribution >= 0.6 is 11.8 Å². The van der Waals surface area contributed by atoms with Crippen LogP contribution < -0.4 is 14.7 Å². The van der Waals surface area contributed by atoms with Crippen molar-refractivity contribution in [3.8, 4) is 22.3 Å². The van der Waals surface area contributed by atoms with Crippen LogP contribution in [0.2, 0.25) is 0 Å². The smallest absolute Gasteiger partial charge is 0.137 e. The number of hydrogen-bond donors (Lipinski definition) is 0. The molecule has 6 heteroatoms. The fourth-order valence-corrected chi connectivity index (χ4v) is 8.67. The number of pyridine rings is 2. The number of aromatic nitrogens is 2. The van der Waals surface area contributed by atoms with Crippen LogP contribution in [0.25, 0.3) is 22.3 Å². The van der Waals surface area contributed by atoms with E-state index in [1.54, 1.807) is 11.8 Å². The van der Waals surface area contributed by atoms with Gasteiger partial charge >= 0.3 is 0 Å². The molecule has 0 aliphatic carbocycles. The number of nitrogens with zero attached hydrogens (tertiary/aromatic N) is 5. The van der Waals surface area contributed by atoms with Crippen LogP contribution in [0.1, 0.15) is 52.7 Å². The average molecular weight is 736 g/mol. The van der Waals surface area contributed by atoms with Gasteiger partial charge in [-0.05, 0) is 106 Å². The Morgan fingerprint density at radius 1 is 0.491 bits per heavy atom. The number of hydrogen-bond acceptors (Lipinski definition) is 6. The monoisotopic (exact) mass is 735 g/mol. The Morgan fingerprint density at radius 2 is 1.13 bits per heavy atom. The molecule has 272 valence electrons. The number of rotatable bonds is 5. The van der Waals surface area contributed by atoms with Crippen molar-refractivity contribution in [3.05, 3.63) is 163 Å². The molecule has 2 aliphatic heterocycles. The molecule has 2 aromatic heterocycles. The highest BCUT2D eigenvalue weighted by molar-refractivity contribution is 7.99. The van der Waals surface area contributed by atoms with Crippen LogP contribution in [0.5, 0.6) is 0 Å². The van der Waals surface area contributed by atoms with Crippen molar-refractivity contribution in [1.29, 1.82) is 0 Å². The predicted molar refractivity (Wildman–Crippen MR) is 231 cm³/mol. The quantitative estimate of drug-likeness (QED) is 0.175. The van der Waals surface area contributed by atoms with E-state index in [-0.39, 0.29) is 10.8 Å². The van der Waals surface area contributed by atoms with Gasteiger partial charge in [0.25, 0.3) is 0 Å². The highest BCUT2D eigenvalue weighted by atomic mass is 32.2. The van der Waals surface area contributed by atoms with Crippen LogP contribution in [0.15, 0.2) is 162 Å². The fraction of sp³-hybridized carbons (Fsp3) is 0.184. The Balaban J connectivity index is 1.10. The van der Waals surface area contributed by atoms with Gasteiger partial charge in [0.15, 0.2) is 0 Å². The SMILES string of the molecule is CC(C)(C)c1cccc(N2CN(c3cccc(Sc4ccc5c(c4)N(c4cc(C(C)(C)C)ccn4)c4ccncc4-c4ccccc4-5)c3)c3ccccc32)c1. The molecule has 0 atom stereocenters. The first-order chi connectivity index (χ1) is 26.5. The lowest BCUT2D eigenvalue weighted by Gasteiger charge is -2.28. The Labute approximate surface area is 329 Å². The lowest BCUT2D eigenvalue weighted by Crippen LogP contribution is -2.24. The third-order valence-electron chi connectivity index (χ3n) is 10.7. The van der Waals surface area contributed by atoms with E-state index in [4.69, 9.17) is 4.98 Å². The van der Waals surface area contributed by atoms with E-state index < -0.39 is 0 Å². The second kappa shape index (κ2) is 13.5. The normalized spacial score (nSPS) is 13.5. The highest BCUT2D eigenvalue weighted by Crippen LogP contribution is 2.52. The molecular weight excluding hydrogens is 691 g/mol. The predicted octanol–water partition coefficient (Wildman–Crippen LogP) is 13.6. The molecule has 2 aliphatic rings. The van der Waals surface area contributed by atoms with Gasteiger partial charge < -0.3 is 9.80 Å². The van der Waals surface area contributed by atoms with Crippen molar-refractivity contribution in [2.75, 3.05) is 21.4 Å². The Bertz CT molecular complexity index is 2560. The molecule has 0 fully saturated rings. The molecule has 7 aromatic rings. The third kappa shape index (κ3) is 6.44. The van der Waals surface area contributed by atoms with Gasteiger partial charge in [0, 0.05) is 50.9 Å². The van der Waals surface area contributed by atoms with Gasteiger partial charge in [0.1, 0.15) is 12.5 Å². The van der Waals surface area contributed by atoms with Gasteiger partial charge in [-0.25, -0.2) is 4.98 Å². The third-order valence-corrected chi connectivity index (χ3v) is 11.7. The second-order valence-electron chi connectivity index (χ2n) is 16.5. The summed E-state index contributed by atoms with van der Waals surface area (Å²) in [6.45, 7) is 14.3. The van der Waals surface area contributed by atoms with Crippen LogP contribution in [0.4, 0.5) is 39.9 Å². The lowest BCUT2D eigenvalue weighted by atomic mass is 9.87.